The molecule has 0 fully saturated rings. The number of aromatic carboxylic acids is 4. The number of fused-ring (bicyclic) bond motifs is 2. The summed E-state index contributed by atoms with van der Waals surface area (Å²) in [7, 11) is 0. The first-order valence-corrected chi connectivity index (χ1v) is 10.3. The van der Waals surface area contributed by atoms with Gasteiger partial charge >= 0.3 is 23.9 Å². The predicted molar refractivity (Wildman–Crippen MR) is 124 cm³/mol. The van der Waals surface area contributed by atoms with Crippen molar-refractivity contribution >= 4 is 58.0 Å². The Bertz CT molecular complexity index is 1700. The lowest BCUT2D eigenvalue weighted by atomic mass is 9.88. The van der Waals surface area contributed by atoms with Crippen molar-refractivity contribution in [3.05, 3.63) is 72.9 Å². The lowest BCUT2D eigenvalue weighted by Crippen LogP contribution is -2.17. The summed E-state index contributed by atoms with van der Waals surface area (Å²) in [6.07, 6.45) is 0. The average Bonchev–Trinajstić information content (AvgIpc) is 2.81. The van der Waals surface area contributed by atoms with Gasteiger partial charge in [-0.05, 0) is 35.9 Å². The van der Waals surface area contributed by atoms with Crippen LogP contribution in [0.25, 0.3) is 33.4 Å². The monoisotopic (exact) mass is 532 g/mol. The molecule has 0 spiro atoms. The molecule has 0 atom stereocenters. The van der Waals surface area contributed by atoms with Crippen molar-refractivity contribution in [2.75, 3.05) is 0 Å². The zero-order chi connectivity index (χ0) is 26.6. The molecule has 0 saturated heterocycles. The van der Waals surface area contributed by atoms with E-state index in [1.54, 1.807) is 0 Å². The molecule has 13 heteroatoms. The van der Waals surface area contributed by atoms with Gasteiger partial charge in [0.05, 0.1) is 11.1 Å². The van der Waals surface area contributed by atoms with Crippen LogP contribution in [0.15, 0.2) is 39.5 Å². The Morgan fingerprint density at radius 3 is 1.89 bits per heavy atom. The number of carboxylic acid groups (broad SMARTS) is 4. The zero-order valence-electron chi connectivity index (χ0n) is 17.3. The van der Waals surface area contributed by atoms with E-state index in [1.165, 1.54) is 0 Å². The third-order valence-electron chi connectivity index (χ3n) is 5.34. The van der Waals surface area contributed by atoms with Gasteiger partial charge in [-0.3, -0.25) is 4.79 Å². The van der Waals surface area contributed by atoms with Crippen LogP contribution in [0.2, 0.25) is 10.0 Å². The van der Waals surface area contributed by atoms with Crippen LogP contribution < -0.4 is 5.43 Å². The molecule has 4 rings (SSSR count). The van der Waals surface area contributed by atoms with Crippen LogP contribution >= 0.6 is 23.2 Å². The Morgan fingerprint density at radius 2 is 1.33 bits per heavy atom. The van der Waals surface area contributed by atoms with Crippen LogP contribution in [0.3, 0.4) is 0 Å². The highest BCUT2D eigenvalue weighted by Gasteiger charge is 2.30. The van der Waals surface area contributed by atoms with Crippen molar-refractivity contribution in [1.82, 2.24) is 0 Å². The third kappa shape index (κ3) is 3.67. The molecule has 0 radical (unpaired) electrons. The predicted octanol–water partition coefficient (Wildman–Crippen LogP) is 4.37. The molecule has 1 aliphatic heterocycles. The fourth-order valence-electron chi connectivity index (χ4n) is 3.74. The number of aromatic hydroxyl groups is 1. The van der Waals surface area contributed by atoms with Gasteiger partial charge in [0.15, 0.2) is 17.1 Å². The topological polar surface area (TPSA) is 200 Å². The van der Waals surface area contributed by atoms with Crippen LogP contribution in [0.5, 0.6) is 5.75 Å². The fraction of sp³-hybridized carbons (Fsp3) is 0. The SMILES string of the molecule is O=C(O)c1ccc(C(=O)O)c(-c2c3cc(C(=O)O)c(=O)c(Cl)c-3oc3c(Cl)c(O)c(C(=O)O)cc23)c1. The van der Waals surface area contributed by atoms with Crippen LogP contribution in [-0.2, 0) is 0 Å². The molecule has 1 aliphatic carbocycles. The Labute approximate surface area is 208 Å². The fourth-order valence-corrected chi connectivity index (χ4v) is 4.22. The number of halogens is 2. The second-order valence-corrected chi connectivity index (χ2v) is 8.12. The van der Waals surface area contributed by atoms with Gasteiger partial charge in [0, 0.05) is 16.5 Å². The molecular formula is C23H10Cl2O11. The van der Waals surface area contributed by atoms with Crippen LogP contribution in [0.1, 0.15) is 41.4 Å². The Morgan fingerprint density at radius 1 is 0.722 bits per heavy atom. The number of carboxylic acids is 4. The minimum atomic E-state index is -1.68. The molecule has 2 aromatic rings. The molecular weight excluding hydrogens is 523 g/mol. The van der Waals surface area contributed by atoms with Gasteiger partial charge in [-0.2, -0.15) is 0 Å². The van der Waals surface area contributed by atoms with E-state index >= 15 is 0 Å². The van der Waals surface area contributed by atoms with E-state index in [0.717, 1.165) is 30.3 Å². The van der Waals surface area contributed by atoms with Crippen molar-refractivity contribution in [1.29, 1.82) is 0 Å². The van der Waals surface area contributed by atoms with Gasteiger partial charge < -0.3 is 29.9 Å². The molecule has 36 heavy (non-hydrogen) atoms. The van der Waals surface area contributed by atoms with E-state index in [0.29, 0.717) is 0 Å². The van der Waals surface area contributed by atoms with Crippen molar-refractivity contribution in [2.24, 2.45) is 0 Å². The van der Waals surface area contributed by atoms with Crippen molar-refractivity contribution in [2.45, 2.75) is 0 Å². The van der Waals surface area contributed by atoms with E-state index in [4.69, 9.17) is 27.6 Å². The quantitative estimate of drug-likeness (QED) is 0.228. The molecule has 2 aromatic carbocycles. The maximum atomic E-state index is 12.5. The summed E-state index contributed by atoms with van der Waals surface area (Å²) >= 11 is 12.3. The minimum Gasteiger partial charge on any atom is -0.505 e. The summed E-state index contributed by atoms with van der Waals surface area (Å²) in [6.45, 7) is 0. The van der Waals surface area contributed by atoms with E-state index in [2.05, 4.69) is 0 Å². The van der Waals surface area contributed by atoms with E-state index in [1.807, 2.05) is 0 Å². The zero-order valence-corrected chi connectivity index (χ0v) is 18.8. The largest absolute Gasteiger partial charge is 0.505 e. The summed E-state index contributed by atoms with van der Waals surface area (Å²) in [5, 5.41) is 46.9. The first-order chi connectivity index (χ1) is 16.8. The normalized spacial score (nSPS) is 11.1. The van der Waals surface area contributed by atoms with Crippen molar-refractivity contribution in [3.8, 4) is 28.2 Å². The molecule has 0 amide bonds. The Balaban J connectivity index is 2.39. The standard InChI is InChI=1S/C23H10Cl2O11/c24-14-16(26)11(22(32)33)4-9-13(8-3-6(20(28)29)1-2-7(8)21(30)31)10-5-12(23(34)35)17(27)15(25)19(10)36-18(9)14/h1-5,26H,(H,28,29)(H,30,31)(H,32,33)(H,34,35). The van der Waals surface area contributed by atoms with E-state index in [-0.39, 0.29) is 27.6 Å². The molecule has 5 N–H and O–H groups in total. The number of carbonyl (C=O) groups is 4. The van der Waals surface area contributed by atoms with Gasteiger partial charge in [0.2, 0.25) is 5.43 Å². The Hall–Kier alpha value is -4.61. The first kappa shape index (κ1) is 24.5. The smallest absolute Gasteiger partial charge is 0.339 e. The molecule has 11 nitrogen and oxygen atoms in total. The molecule has 2 aliphatic rings. The highest BCUT2D eigenvalue weighted by molar-refractivity contribution is 6.38. The number of hydrogen-bond donors (Lipinski definition) is 5. The molecule has 0 saturated carbocycles. The van der Waals surface area contributed by atoms with Crippen LogP contribution in [0, 0.1) is 0 Å². The van der Waals surface area contributed by atoms with Crippen LogP contribution in [0.4, 0.5) is 0 Å². The number of hydrogen-bond acceptors (Lipinski definition) is 7. The number of benzene rings is 3. The van der Waals surface area contributed by atoms with Gasteiger partial charge in [-0.25, -0.2) is 19.2 Å². The summed E-state index contributed by atoms with van der Waals surface area (Å²) in [5.41, 5.74) is -4.77. The maximum Gasteiger partial charge on any atom is 0.339 e. The molecule has 0 bridgehead atoms. The lowest BCUT2D eigenvalue weighted by Gasteiger charge is -2.19. The molecule has 0 aromatic heterocycles. The van der Waals surface area contributed by atoms with Crippen molar-refractivity contribution < 1.29 is 49.1 Å². The summed E-state index contributed by atoms with van der Waals surface area (Å²) in [6, 6.07) is 4.67. The lowest BCUT2D eigenvalue weighted by molar-refractivity contribution is 0.0682. The third-order valence-corrected chi connectivity index (χ3v) is 6.04. The molecule has 1 heterocycles. The average molecular weight is 533 g/mol. The van der Waals surface area contributed by atoms with Crippen molar-refractivity contribution in [3.63, 3.8) is 0 Å². The maximum absolute atomic E-state index is 12.5. The van der Waals surface area contributed by atoms with E-state index < -0.39 is 73.1 Å². The Kier molecular flexibility index (Phi) is 5.83. The highest BCUT2D eigenvalue weighted by atomic mass is 35.5. The van der Waals surface area contributed by atoms with Gasteiger partial charge in [-0.15, -0.1) is 0 Å². The minimum absolute atomic E-state index is 0.237. The molecule has 182 valence electrons. The first-order valence-electron chi connectivity index (χ1n) is 9.57. The van der Waals surface area contributed by atoms with Crippen LogP contribution in [-0.4, -0.2) is 49.4 Å². The molecule has 0 unspecified atom stereocenters. The summed E-state index contributed by atoms with van der Waals surface area (Å²) < 4.78 is 5.61. The second kappa shape index (κ2) is 8.56. The van der Waals surface area contributed by atoms with Gasteiger partial charge in [-0.1, -0.05) is 23.2 Å². The summed E-state index contributed by atoms with van der Waals surface area (Å²) in [4.78, 5) is 59.6. The van der Waals surface area contributed by atoms with E-state index in [9.17, 15) is 49.5 Å². The number of rotatable bonds is 5. The summed E-state index contributed by atoms with van der Waals surface area (Å²) in [5.74, 6) is -7.63. The van der Waals surface area contributed by atoms with Gasteiger partial charge in [0.25, 0.3) is 0 Å². The second-order valence-electron chi connectivity index (χ2n) is 7.37. The highest BCUT2D eigenvalue weighted by Crippen LogP contribution is 2.48. The van der Waals surface area contributed by atoms with Gasteiger partial charge in [0.1, 0.15) is 21.2 Å². The number of phenols is 1.